The Morgan fingerprint density at radius 2 is 2.21 bits per heavy atom. The van der Waals surface area contributed by atoms with Crippen LogP contribution in [-0.4, -0.2) is 37.5 Å². The molecule has 3 nitrogen and oxygen atoms in total. The number of hydrogen-bond acceptors (Lipinski definition) is 2. The number of carbonyl (C=O) groups is 1. The second-order valence-corrected chi connectivity index (χ2v) is 4.39. The topological polar surface area (TPSA) is 32.3 Å². The van der Waals surface area contributed by atoms with E-state index in [1.807, 2.05) is 14.0 Å². The Morgan fingerprint density at radius 3 is 2.64 bits per heavy atom. The molecule has 3 heteroatoms. The third-order valence-corrected chi connectivity index (χ3v) is 2.72. The molecule has 1 heterocycles. The Labute approximate surface area is 86.2 Å². The number of likely N-dealkylation sites (N-methyl/N-ethyl adjacent to an activating group) is 1. The average Bonchev–Trinajstić information content (AvgIpc) is 2.48. The number of nitrogens with zero attached hydrogens (tertiary/aromatic N) is 1. The average molecular weight is 196 g/mol. The van der Waals surface area contributed by atoms with Crippen molar-refractivity contribution in [3.8, 4) is 0 Å². The monoisotopic (exact) mass is 196 g/mol. The predicted octanol–water partition coefficient (Wildman–Crippen LogP) is 0.876. The van der Waals surface area contributed by atoms with E-state index in [9.17, 15) is 4.79 Å². The lowest BCUT2D eigenvalue weighted by atomic mass is 9.97. The molecule has 0 bridgehead atoms. The van der Waals surface area contributed by atoms with Gasteiger partial charge in [-0.1, -0.05) is 19.1 Å². The molecule has 0 unspecified atom stereocenters. The molecule has 0 aromatic carbocycles. The van der Waals surface area contributed by atoms with Crippen LogP contribution in [0, 0.1) is 11.8 Å². The Morgan fingerprint density at radius 1 is 1.57 bits per heavy atom. The molecule has 1 aliphatic rings. The lowest BCUT2D eigenvalue weighted by Crippen LogP contribution is -2.36. The van der Waals surface area contributed by atoms with Crippen LogP contribution in [0.5, 0.6) is 0 Å². The highest BCUT2D eigenvalue weighted by Gasteiger charge is 2.31. The van der Waals surface area contributed by atoms with Crippen molar-refractivity contribution in [2.75, 3.05) is 26.7 Å². The van der Waals surface area contributed by atoms with Gasteiger partial charge in [-0.05, 0) is 19.4 Å². The normalized spacial score (nSPS) is 26.2. The van der Waals surface area contributed by atoms with Crippen LogP contribution in [0.1, 0.15) is 13.8 Å². The van der Waals surface area contributed by atoms with E-state index in [0.717, 1.165) is 18.7 Å². The van der Waals surface area contributed by atoms with Gasteiger partial charge >= 0.3 is 0 Å². The zero-order valence-electron chi connectivity index (χ0n) is 9.34. The molecule has 2 atom stereocenters. The molecule has 1 saturated heterocycles. The summed E-state index contributed by atoms with van der Waals surface area (Å²) in [5.74, 6) is 0.847. The maximum Gasteiger partial charge on any atom is 0.227 e. The number of amides is 1. The molecule has 0 saturated carbocycles. The maximum absolute atomic E-state index is 11.9. The Bertz CT molecular complexity index is 237. The molecule has 80 valence electrons. The molecule has 0 spiro atoms. The van der Waals surface area contributed by atoms with E-state index in [1.165, 1.54) is 0 Å². The summed E-state index contributed by atoms with van der Waals surface area (Å²) in [5, 5.41) is 3.24. The van der Waals surface area contributed by atoms with Crippen LogP contribution in [0.3, 0.4) is 0 Å². The van der Waals surface area contributed by atoms with Gasteiger partial charge in [-0.25, -0.2) is 0 Å². The van der Waals surface area contributed by atoms with Crippen LogP contribution in [0.25, 0.3) is 0 Å². The summed E-state index contributed by atoms with van der Waals surface area (Å²) >= 11 is 0. The number of carbonyl (C=O) groups excluding carboxylic acids is 1. The Kier molecular flexibility index (Phi) is 3.69. The molecule has 1 fully saturated rings. The van der Waals surface area contributed by atoms with Gasteiger partial charge in [0, 0.05) is 20.1 Å². The zero-order valence-corrected chi connectivity index (χ0v) is 9.34. The van der Waals surface area contributed by atoms with Gasteiger partial charge in [0.25, 0.3) is 0 Å². The van der Waals surface area contributed by atoms with Crippen molar-refractivity contribution in [3.63, 3.8) is 0 Å². The molecule has 1 rings (SSSR count). The molecule has 1 amide bonds. The van der Waals surface area contributed by atoms with E-state index < -0.39 is 0 Å². The summed E-state index contributed by atoms with van der Waals surface area (Å²) < 4.78 is 0. The third kappa shape index (κ3) is 2.58. The van der Waals surface area contributed by atoms with Crippen LogP contribution in [0.2, 0.25) is 0 Å². The minimum Gasteiger partial charge on any atom is -0.341 e. The molecule has 0 radical (unpaired) electrons. The molecule has 14 heavy (non-hydrogen) atoms. The summed E-state index contributed by atoms with van der Waals surface area (Å²) in [7, 11) is 1.85. The van der Waals surface area contributed by atoms with Crippen LogP contribution >= 0.6 is 0 Å². The van der Waals surface area contributed by atoms with Gasteiger partial charge < -0.3 is 10.2 Å². The first-order chi connectivity index (χ1) is 6.52. The van der Waals surface area contributed by atoms with E-state index in [-0.39, 0.29) is 11.8 Å². The van der Waals surface area contributed by atoms with Gasteiger partial charge in [-0.3, -0.25) is 4.79 Å². The van der Waals surface area contributed by atoms with Crippen molar-refractivity contribution in [2.24, 2.45) is 11.8 Å². The first-order valence-electron chi connectivity index (χ1n) is 5.12. The van der Waals surface area contributed by atoms with E-state index in [0.29, 0.717) is 12.5 Å². The Balaban J connectivity index is 2.51. The Hall–Kier alpha value is -0.830. The van der Waals surface area contributed by atoms with Gasteiger partial charge in [0.05, 0.1) is 5.92 Å². The molecule has 0 aromatic heterocycles. The SMILES string of the molecule is C=C(C)CN(C)C(=O)[C@@H]1CNC[C@H]1C. The van der Waals surface area contributed by atoms with Gasteiger partial charge in [0.2, 0.25) is 5.91 Å². The van der Waals surface area contributed by atoms with Crippen LogP contribution < -0.4 is 5.32 Å². The van der Waals surface area contributed by atoms with Gasteiger partial charge in [0.1, 0.15) is 0 Å². The largest absolute Gasteiger partial charge is 0.341 e. The minimum absolute atomic E-state index is 0.152. The van der Waals surface area contributed by atoms with Crippen molar-refractivity contribution in [2.45, 2.75) is 13.8 Å². The van der Waals surface area contributed by atoms with Crippen molar-refractivity contribution in [1.82, 2.24) is 10.2 Å². The molecule has 1 aliphatic heterocycles. The predicted molar refractivity (Wildman–Crippen MR) is 58.0 cm³/mol. The van der Waals surface area contributed by atoms with E-state index in [1.54, 1.807) is 4.90 Å². The van der Waals surface area contributed by atoms with Crippen LogP contribution in [0.15, 0.2) is 12.2 Å². The lowest BCUT2D eigenvalue weighted by molar-refractivity contribution is -0.134. The lowest BCUT2D eigenvalue weighted by Gasteiger charge is -2.22. The van der Waals surface area contributed by atoms with Gasteiger partial charge in [-0.2, -0.15) is 0 Å². The third-order valence-electron chi connectivity index (χ3n) is 2.72. The quantitative estimate of drug-likeness (QED) is 0.679. The number of rotatable bonds is 3. The van der Waals surface area contributed by atoms with E-state index in [2.05, 4.69) is 18.8 Å². The second kappa shape index (κ2) is 4.60. The van der Waals surface area contributed by atoms with Crippen molar-refractivity contribution >= 4 is 5.91 Å². The van der Waals surface area contributed by atoms with Crippen LogP contribution in [-0.2, 0) is 4.79 Å². The highest BCUT2D eigenvalue weighted by molar-refractivity contribution is 5.79. The first-order valence-corrected chi connectivity index (χ1v) is 5.12. The smallest absolute Gasteiger partial charge is 0.227 e. The molecule has 1 N–H and O–H groups in total. The number of nitrogens with one attached hydrogen (secondary N) is 1. The molecule has 0 aliphatic carbocycles. The van der Waals surface area contributed by atoms with Crippen molar-refractivity contribution < 1.29 is 4.79 Å². The summed E-state index contributed by atoms with van der Waals surface area (Å²) in [6.07, 6.45) is 0. The van der Waals surface area contributed by atoms with E-state index >= 15 is 0 Å². The fraction of sp³-hybridized carbons (Fsp3) is 0.727. The second-order valence-electron chi connectivity index (χ2n) is 4.39. The van der Waals surface area contributed by atoms with Crippen LogP contribution in [0.4, 0.5) is 0 Å². The summed E-state index contributed by atoms with van der Waals surface area (Å²) in [6, 6.07) is 0. The fourth-order valence-electron chi connectivity index (χ4n) is 1.91. The first kappa shape index (κ1) is 11.2. The standard InChI is InChI=1S/C11H20N2O/c1-8(2)7-13(4)11(14)10-6-12-5-9(10)3/h9-10,12H,1,5-7H2,2-4H3/t9-,10-/m1/s1. The minimum atomic E-state index is 0.152. The molecular weight excluding hydrogens is 176 g/mol. The summed E-state index contributed by atoms with van der Waals surface area (Å²) in [4.78, 5) is 13.7. The zero-order chi connectivity index (χ0) is 10.7. The maximum atomic E-state index is 11.9. The molecule has 0 aromatic rings. The van der Waals surface area contributed by atoms with Gasteiger partial charge in [-0.15, -0.1) is 0 Å². The summed E-state index contributed by atoms with van der Waals surface area (Å²) in [6.45, 7) is 10.3. The van der Waals surface area contributed by atoms with Gasteiger partial charge in [0.15, 0.2) is 0 Å². The highest BCUT2D eigenvalue weighted by atomic mass is 16.2. The fourth-order valence-corrected chi connectivity index (χ4v) is 1.91. The summed E-state index contributed by atoms with van der Waals surface area (Å²) in [5.41, 5.74) is 1.03. The number of hydrogen-bond donors (Lipinski definition) is 1. The van der Waals surface area contributed by atoms with Crippen molar-refractivity contribution in [3.05, 3.63) is 12.2 Å². The van der Waals surface area contributed by atoms with E-state index in [4.69, 9.17) is 0 Å². The highest BCUT2D eigenvalue weighted by Crippen LogP contribution is 2.18. The van der Waals surface area contributed by atoms with Crippen molar-refractivity contribution in [1.29, 1.82) is 0 Å². The molecular formula is C11H20N2O.